The quantitative estimate of drug-likeness (QED) is 0.548. The number of nitrogens with zero attached hydrogens (tertiary/aromatic N) is 1. The molecule has 0 radical (unpaired) electrons. The Morgan fingerprint density at radius 2 is 1.44 bits per heavy atom. The molecular weight excluding hydrogens is 398 g/mol. The second-order valence-corrected chi connectivity index (χ2v) is 9.68. The molecule has 2 saturated heterocycles. The van der Waals surface area contributed by atoms with Crippen molar-refractivity contribution in [2.75, 3.05) is 6.61 Å². The molecule has 3 aliphatic rings. The Balaban J connectivity index is 1.27. The lowest BCUT2D eigenvalue weighted by Gasteiger charge is -2.38. The number of ether oxygens (including phenoxy) is 1. The SMILES string of the molecule is CCC(CC)C(=O)C1CC2CCC(C1)N2C(=O)OCC1c2ccccc2-c2ccccc21. The third-order valence-electron chi connectivity index (χ3n) is 8.07. The molecule has 4 nitrogen and oxygen atoms in total. The van der Waals surface area contributed by atoms with Crippen molar-refractivity contribution in [3.05, 3.63) is 59.7 Å². The average molecular weight is 432 g/mol. The van der Waals surface area contributed by atoms with Gasteiger partial charge in [0.2, 0.25) is 0 Å². The van der Waals surface area contributed by atoms with Gasteiger partial charge in [-0.3, -0.25) is 4.79 Å². The van der Waals surface area contributed by atoms with Gasteiger partial charge < -0.3 is 9.64 Å². The number of hydrogen-bond acceptors (Lipinski definition) is 3. The molecule has 2 atom stereocenters. The third-order valence-corrected chi connectivity index (χ3v) is 8.07. The normalized spacial score (nSPS) is 23.8. The molecule has 1 aliphatic carbocycles. The van der Waals surface area contributed by atoms with E-state index in [2.05, 4.69) is 62.4 Å². The van der Waals surface area contributed by atoms with Gasteiger partial charge >= 0.3 is 6.09 Å². The van der Waals surface area contributed by atoms with Crippen molar-refractivity contribution < 1.29 is 14.3 Å². The zero-order chi connectivity index (χ0) is 22.2. The zero-order valence-electron chi connectivity index (χ0n) is 19.1. The first-order valence-electron chi connectivity index (χ1n) is 12.3. The van der Waals surface area contributed by atoms with E-state index in [1.54, 1.807) is 0 Å². The number of ketones is 1. The molecule has 2 aliphatic heterocycles. The Hall–Kier alpha value is -2.62. The van der Waals surface area contributed by atoms with Crippen molar-refractivity contribution in [3.8, 4) is 11.1 Å². The smallest absolute Gasteiger partial charge is 0.410 e. The molecule has 2 bridgehead atoms. The van der Waals surface area contributed by atoms with Crippen LogP contribution < -0.4 is 0 Å². The van der Waals surface area contributed by atoms with Gasteiger partial charge in [-0.2, -0.15) is 0 Å². The highest BCUT2D eigenvalue weighted by Crippen LogP contribution is 2.45. The van der Waals surface area contributed by atoms with Crippen LogP contribution in [0.2, 0.25) is 0 Å². The van der Waals surface area contributed by atoms with Crippen LogP contribution in [-0.4, -0.2) is 35.5 Å². The van der Waals surface area contributed by atoms with E-state index in [4.69, 9.17) is 4.74 Å². The summed E-state index contributed by atoms with van der Waals surface area (Å²) in [6.07, 6.45) is 5.21. The minimum absolute atomic E-state index is 0.0815. The Bertz CT molecular complexity index is 952. The van der Waals surface area contributed by atoms with Crippen LogP contribution >= 0.6 is 0 Å². The number of Topliss-reactive ketones (excluding diaryl/α,β-unsaturated/α-hetero) is 1. The lowest BCUT2D eigenvalue weighted by atomic mass is 9.81. The van der Waals surface area contributed by atoms with Gasteiger partial charge in [-0.1, -0.05) is 62.4 Å². The molecule has 2 aromatic carbocycles. The summed E-state index contributed by atoms with van der Waals surface area (Å²) < 4.78 is 5.95. The van der Waals surface area contributed by atoms with E-state index in [9.17, 15) is 9.59 Å². The summed E-state index contributed by atoms with van der Waals surface area (Å²) in [7, 11) is 0. The summed E-state index contributed by atoms with van der Waals surface area (Å²) in [5.74, 6) is 0.771. The molecule has 4 heteroatoms. The minimum atomic E-state index is -0.201. The number of carbonyl (C=O) groups is 2. The summed E-state index contributed by atoms with van der Waals surface area (Å²) in [6, 6.07) is 17.1. The average Bonchev–Trinajstić information content (AvgIpc) is 3.29. The fraction of sp³-hybridized carbons (Fsp3) is 0.500. The van der Waals surface area contributed by atoms with E-state index < -0.39 is 0 Å². The van der Waals surface area contributed by atoms with Gasteiger partial charge in [-0.25, -0.2) is 4.79 Å². The van der Waals surface area contributed by atoms with Crippen LogP contribution in [0.1, 0.15) is 69.4 Å². The molecule has 2 aromatic rings. The number of amides is 1. The molecule has 0 N–H and O–H groups in total. The van der Waals surface area contributed by atoms with E-state index in [0.29, 0.717) is 12.4 Å². The second-order valence-electron chi connectivity index (χ2n) is 9.68. The molecule has 2 heterocycles. The molecular formula is C28H33NO3. The fourth-order valence-electron chi connectivity index (χ4n) is 6.40. The van der Waals surface area contributed by atoms with Crippen LogP contribution in [0.4, 0.5) is 4.79 Å². The lowest BCUT2D eigenvalue weighted by molar-refractivity contribution is -0.129. The van der Waals surface area contributed by atoms with E-state index in [0.717, 1.165) is 38.5 Å². The van der Waals surface area contributed by atoms with Gasteiger partial charge in [0.25, 0.3) is 0 Å². The van der Waals surface area contributed by atoms with Crippen molar-refractivity contribution in [1.29, 1.82) is 0 Å². The van der Waals surface area contributed by atoms with Crippen molar-refractivity contribution in [2.24, 2.45) is 11.8 Å². The first kappa shape index (κ1) is 21.2. The Labute approximate surface area is 191 Å². The van der Waals surface area contributed by atoms with Crippen molar-refractivity contribution in [2.45, 2.75) is 70.4 Å². The number of hydrogen-bond donors (Lipinski definition) is 0. The number of fused-ring (bicyclic) bond motifs is 5. The molecule has 0 saturated carbocycles. The standard InChI is InChI=1S/C28H33NO3/c1-3-18(4-2)27(30)19-15-20-13-14-21(16-19)29(20)28(31)32-17-26-24-11-7-5-9-22(24)23-10-6-8-12-25(23)26/h5-12,18-21,26H,3-4,13-17H2,1-2H3. The molecule has 5 rings (SSSR count). The monoisotopic (exact) mass is 431 g/mol. The Morgan fingerprint density at radius 1 is 0.906 bits per heavy atom. The Kier molecular flexibility index (Phi) is 5.79. The van der Waals surface area contributed by atoms with Crippen LogP contribution in [0.5, 0.6) is 0 Å². The fourth-order valence-corrected chi connectivity index (χ4v) is 6.40. The molecule has 32 heavy (non-hydrogen) atoms. The van der Waals surface area contributed by atoms with Crippen molar-refractivity contribution in [1.82, 2.24) is 4.90 Å². The molecule has 168 valence electrons. The van der Waals surface area contributed by atoms with E-state index in [1.807, 2.05) is 4.90 Å². The number of carbonyl (C=O) groups excluding carboxylic acids is 2. The summed E-state index contributed by atoms with van der Waals surface area (Å²) >= 11 is 0. The lowest BCUT2D eigenvalue weighted by Crippen LogP contribution is -2.49. The van der Waals surface area contributed by atoms with Gasteiger partial charge in [0, 0.05) is 29.8 Å². The van der Waals surface area contributed by atoms with Crippen molar-refractivity contribution >= 4 is 11.9 Å². The van der Waals surface area contributed by atoms with Gasteiger partial charge in [-0.05, 0) is 60.8 Å². The maximum atomic E-state index is 13.2. The predicted molar refractivity (Wildman–Crippen MR) is 126 cm³/mol. The van der Waals surface area contributed by atoms with Gasteiger partial charge in [0.1, 0.15) is 12.4 Å². The van der Waals surface area contributed by atoms with Crippen LogP contribution in [-0.2, 0) is 9.53 Å². The van der Waals surface area contributed by atoms with E-state index in [1.165, 1.54) is 22.3 Å². The van der Waals surface area contributed by atoms with Crippen LogP contribution in [0.15, 0.2) is 48.5 Å². The van der Waals surface area contributed by atoms with E-state index in [-0.39, 0.29) is 35.9 Å². The van der Waals surface area contributed by atoms with Crippen LogP contribution in [0.25, 0.3) is 11.1 Å². The molecule has 0 aromatic heterocycles. The maximum absolute atomic E-state index is 13.2. The highest BCUT2D eigenvalue weighted by Gasteiger charge is 2.46. The summed E-state index contributed by atoms with van der Waals surface area (Å²) in [5, 5.41) is 0. The molecule has 0 spiro atoms. The maximum Gasteiger partial charge on any atom is 0.410 e. The minimum Gasteiger partial charge on any atom is -0.448 e. The number of benzene rings is 2. The third kappa shape index (κ3) is 3.54. The Morgan fingerprint density at radius 3 is 1.97 bits per heavy atom. The number of rotatable bonds is 6. The summed E-state index contributed by atoms with van der Waals surface area (Å²) in [5.41, 5.74) is 4.95. The highest BCUT2D eigenvalue weighted by molar-refractivity contribution is 5.84. The van der Waals surface area contributed by atoms with Gasteiger partial charge in [0.05, 0.1) is 0 Å². The first-order chi connectivity index (χ1) is 15.6. The second kappa shape index (κ2) is 8.73. The molecule has 1 amide bonds. The highest BCUT2D eigenvalue weighted by atomic mass is 16.6. The predicted octanol–water partition coefficient (Wildman–Crippen LogP) is 6.18. The molecule has 2 fully saturated rings. The summed E-state index contributed by atoms with van der Waals surface area (Å²) in [6.45, 7) is 4.57. The summed E-state index contributed by atoms with van der Waals surface area (Å²) in [4.78, 5) is 28.1. The van der Waals surface area contributed by atoms with Gasteiger partial charge in [-0.15, -0.1) is 0 Å². The van der Waals surface area contributed by atoms with E-state index >= 15 is 0 Å². The molecule has 2 unspecified atom stereocenters. The number of piperidine rings is 1. The topological polar surface area (TPSA) is 46.6 Å². The van der Waals surface area contributed by atoms with Gasteiger partial charge in [0.15, 0.2) is 0 Å². The van der Waals surface area contributed by atoms with Crippen LogP contribution in [0.3, 0.4) is 0 Å². The zero-order valence-corrected chi connectivity index (χ0v) is 19.1. The van der Waals surface area contributed by atoms with Crippen LogP contribution in [0, 0.1) is 11.8 Å². The first-order valence-corrected chi connectivity index (χ1v) is 12.3. The largest absolute Gasteiger partial charge is 0.448 e. The van der Waals surface area contributed by atoms with Crippen molar-refractivity contribution in [3.63, 3.8) is 0 Å².